The molecule has 4 rings (SSSR count). The van der Waals surface area contributed by atoms with E-state index in [9.17, 15) is 9.59 Å². The number of carbonyl (C=O) groups is 2. The maximum Gasteiger partial charge on any atom is 0.257 e. The molecule has 0 saturated heterocycles. The second-order valence-electron chi connectivity index (χ2n) is 8.88. The number of hydrogen-bond donors (Lipinski definition) is 0. The molecule has 1 amide bonds. The predicted octanol–water partition coefficient (Wildman–Crippen LogP) is 3.44. The summed E-state index contributed by atoms with van der Waals surface area (Å²) in [4.78, 5) is 30.1. The summed E-state index contributed by atoms with van der Waals surface area (Å²) in [7, 11) is 2.10. The van der Waals surface area contributed by atoms with Crippen LogP contribution in [0.25, 0.3) is 16.5 Å². The highest BCUT2D eigenvalue weighted by Crippen LogP contribution is 2.41. The minimum Gasteiger partial charge on any atom is -0.369 e. The Morgan fingerprint density at radius 1 is 1.23 bits per heavy atom. The number of aromatic nitrogens is 1. The van der Waals surface area contributed by atoms with Gasteiger partial charge in [0.1, 0.15) is 6.61 Å². The number of nitrogens with zero attached hydrogens (tertiary/aromatic N) is 3. The van der Waals surface area contributed by atoms with Crippen LogP contribution in [0.5, 0.6) is 0 Å². The van der Waals surface area contributed by atoms with Gasteiger partial charge >= 0.3 is 0 Å². The lowest BCUT2D eigenvalue weighted by Crippen LogP contribution is -2.47. The van der Waals surface area contributed by atoms with Crippen LogP contribution in [0, 0.1) is 5.92 Å². The molecule has 6 heteroatoms. The van der Waals surface area contributed by atoms with Crippen LogP contribution in [0.15, 0.2) is 30.5 Å². The molecule has 166 valence electrons. The topological polar surface area (TPSA) is 54.8 Å². The number of benzene rings is 1. The monoisotopic (exact) mass is 423 g/mol. The highest BCUT2D eigenvalue weighted by Gasteiger charge is 2.37. The van der Waals surface area contributed by atoms with Gasteiger partial charge in [0.15, 0.2) is 0 Å². The molecule has 1 aliphatic heterocycles. The molecule has 6 nitrogen and oxygen atoms in total. The number of hydrogen-bond acceptors (Lipinski definition) is 4. The summed E-state index contributed by atoms with van der Waals surface area (Å²) in [5, 5.41) is 1.13. The fraction of sp³-hybridized carbons (Fsp3) is 0.520. The standard InChI is InChI=1S/C25H33N3O3/c1-6-27(7-2)25(30)18-11-20-19-9-8-10-21-24(19)17(12-22(20)26(5)13-18)14-28(21)23(29)15-31-16(3)4/h8-11,14,16,18,22H,6-7,12-13,15H2,1-5H3/t18-,22-/m1/s1. The normalized spacial score (nSPS) is 20.6. The lowest BCUT2D eigenvalue weighted by Gasteiger charge is -2.40. The maximum atomic E-state index is 13.1. The lowest BCUT2D eigenvalue weighted by atomic mass is 9.79. The molecule has 2 atom stereocenters. The minimum atomic E-state index is -0.142. The zero-order valence-corrected chi connectivity index (χ0v) is 19.2. The Hall–Kier alpha value is -2.44. The highest BCUT2D eigenvalue weighted by molar-refractivity contribution is 6.03. The van der Waals surface area contributed by atoms with Crippen molar-refractivity contribution in [2.45, 2.75) is 46.3 Å². The first-order chi connectivity index (χ1) is 14.8. The molecule has 2 heterocycles. The van der Waals surface area contributed by atoms with Crippen molar-refractivity contribution in [1.82, 2.24) is 14.4 Å². The Balaban J connectivity index is 1.76. The molecule has 2 aromatic rings. The Morgan fingerprint density at radius 3 is 2.65 bits per heavy atom. The quantitative estimate of drug-likeness (QED) is 0.714. The van der Waals surface area contributed by atoms with Crippen molar-refractivity contribution in [1.29, 1.82) is 0 Å². The molecule has 0 N–H and O–H groups in total. The average Bonchev–Trinajstić information content (AvgIpc) is 3.13. The molecule has 0 fully saturated rings. The molecule has 0 radical (unpaired) electrons. The highest BCUT2D eigenvalue weighted by atomic mass is 16.5. The van der Waals surface area contributed by atoms with Crippen LogP contribution in [0.2, 0.25) is 0 Å². The van der Waals surface area contributed by atoms with Crippen molar-refractivity contribution in [3.05, 3.63) is 41.6 Å². The summed E-state index contributed by atoms with van der Waals surface area (Å²) in [6.07, 6.45) is 5.02. The number of likely N-dealkylation sites (N-methyl/N-ethyl adjacent to an activating group) is 1. The molecule has 0 saturated carbocycles. The van der Waals surface area contributed by atoms with E-state index < -0.39 is 0 Å². The third-order valence-corrected chi connectivity index (χ3v) is 6.59. The molecule has 0 bridgehead atoms. The lowest BCUT2D eigenvalue weighted by molar-refractivity contribution is -0.134. The van der Waals surface area contributed by atoms with Crippen LogP contribution < -0.4 is 0 Å². The summed E-state index contributed by atoms with van der Waals surface area (Å²) < 4.78 is 7.30. The SMILES string of the molecule is CCN(CC)C(=O)[C@@H]1C=C2c3cccc4c3c(cn4C(=O)COC(C)C)C[C@H]2N(C)C1. The minimum absolute atomic E-state index is 0.0124. The molecule has 0 spiro atoms. The van der Waals surface area contributed by atoms with E-state index in [4.69, 9.17) is 4.74 Å². The molecule has 1 aromatic carbocycles. The van der Waals surface area contributed by atoms with E-state index in [1.165, 1.54) is 11.1 Å². The molecule has 2 aliphatic rings. The van der Waals surface area contributed by atoms with Gasteiger partial charge in [0.05, 0.1) is 17.5 Å². The van der Waals surface area contributed by atoms with Crippen LogP contribution in [0.3, 0.4) is 0 Å². The van der Waals surface area contributed by atoms with Gasteiger partial charge < -0.3 is 9.64 Å². The van der Waals surface area contributed by atoms with Gasteiger partial charge in [-0.2, -0.15) is 0 Å². The zero-order chi connectivity index (χ0) is 22.3. The molecule has 31 heavy (non-hydrogen) atoms. The number of amides is 1. The first-order valence-corrected chi connectivity index (χ1v) is 11.3. The molecular formula is C25H33N3O3. The van der Waals surface area contributed by atoms with Crippen LogP contribution in [-0.2, 0) is 16.0 Å². The van der Waals surface area contributed by atoms with Crippen molar-refractivity contribution >= 4 is 28.3 Å². The summed E-state index contributed by atoms with van der Waals surface area (Å²) in [5.41, 5.74) is 4.46. The van der Waals surface area contributed by atoms with Gasteiger partial charge in [0, 0.05) is 37.3 Å². The van der Waals surface area contributed by atoms with Crippen LogP contribution in [0.4, 0.5) is 0 Å². The smallest absolute Gasteiger partial charge is 0.257 e. The number of rotatable bonds is 6. The van der Waals surface area contributed by atoms with Crippen molar-refractivity contribution in [3.8, 4) is 0 Å². The van der Waals surface area contributed by atoms with Crippen molar-refractivity contribution in [2.75, 3.05) is 33.3 Å². The third-order valence-electron chi connectivity index (χ3n) is 6.59. The predicted molar refractivity (Wildman–Crippen MR) is 123 cm³/mol. The Bertz CT molecular complexity index is 1030. The second-order valence-corrected chi connectivity index (χ2v) is 8.88. The first kappa shape index (κ1) is 21.8. The largest absolute Gasteiger partial charge is 0.369 e. The maximum absolute atomic E-state index is 13.1. The summed E-state index contributed by atoms with van der Waals surface area (Å²) >= 11 is 0. The Labute approximate surface area is 184 Å². The Morgan fingerprint density at radius 2 is 1.97 bits per heavy atom. The van der Waals surface area contributed by atoms with E-state index in [1.807, 2.05) is 50.9 Å². The Kier molecular flexibility index (Phi) is 6.04. The van der Waals surface area contributed by atoms with E-state index in [0.717, 1.165) is 42.5 Å². The van der Waals surface area contributed by atoms with E-state index in [-0.39, 0.29) is 36.5 Å². The van der Waals surface area contributed by atoms with Gasteiger partial charge in [0.25, 0.3) is 5.91 Å². The van der Waals surface area contributed by atoms with Crippen LogP contribution >= 0.6 is 0 Å². The third kappa shape index (κ3) is 3.83. The molecule has 1 aliphatic carbocycles. The van der Waals surface area contributed by atoms with Crippen molar-refractivity contribution in [2.24, 2.45) is 5.92 Å². The fourth-order valence-corrected chi connectivity index (χ4v) is 5.00. The molecule has 0 unspecified atom stereocenters. The van der Waals surface area contributed by atoms with Crippen molar-refractivity contribution < 1.29 is 14.3 Å². The zero-order valence-electron chi connectivity index (χ0n) is 19.2. The summed E-state index contributed by atoms with van der Waals surface area (Å²) in [6, 6.07) is 6.35. The van der Waals surface area contributed by atoms with Gasteiger partial charge in [0.2, 0.25) is 5.91 Å². The van der Waals surface area contributed by atoms with Crippen LogP contribution in [0.1, 0.15) is 43.6 Å². The second kappa shape index (κ2) is 8.60. The first-order valence-electron chi connectivity index (χ1n) is 11.3. The number of carbonyl (C=O) groups excluding carboxylic acids is 2. The summed E-state index contributed by atoms with van der Waals surface area (Å²) in [6.45, 7) is 10.2. The average molecular weight is 424 g/mol. The number of ether oxygens (including phenoxy) is 1. The van der Waals surface area contributed by atoms with Gasteiger partial charge in [-0.05, 0) is 63.9 Å². The van der Waals surface area contributed by atoms with Crippen LogP contribution in [-0.4, -0.2) is 71.6 Å². The van der Waals surface area contributed by atoms with E-state index in [1.54, 1.807) is 4.57 Å². The van der Waals surface area contributed by atoms with E-state index in [2.05, 4.69) is 24.1 Å². The molecule has 1 aromatic heterocycles. The van der Waals surface area contributed by atoms with Gasteiger partial charge in [-0.15, -0.1) is 0 Å². The van der Waals surface area contributed by atoms with Gasteiger partial charge in [-0.25, -0.2) is 0 Å². The summed E-state index contributed by atoms with van der Waals surface area (Å²) in [5.74, 6) is -0.000589. The van der Waals surface area contributed by atoms with E-state index >= 15 is 0 Å². The molecular weight excluding hydrogens is 390 g/mol. The van der Waals surface area contributed by atoms with E-state index in [0.29, 0.717) is 0 Å². The van der Waals surface area contributed by atoms with Gasteiger partial charge in [-0.1, -0.05) is 18.2 Å². The van der Waals surface area contributed by atoms with Gasteiger partial charge in [-0.3, -0.25) is 19.1 Å². The number of fused-ring (bicyclic) bond motifs is 2. The van der Waals surface area contributed by atoms with Crippen molar-refractivity contribution in [3.63, 3.8) is 0 Å². The fourth-order valence-electron chi connectivity index (χ4n) is 5.00.